The van der Waals surface area contributed by atoms with Crippen molar-refractivity contribution in [2.75, 3.05) is 33.4 Å². The molecule has 1 aliphatic rings. The van der Waals surface area contributed by atoms with E-state index in [1.165, 1.54) is 18.4 Å². The number of halogens is 1. The van der Waals surface area contributed by atoms with E-state index in [0.29, 0.717) is 17.6 Å². The van der Waals surface area contributed by atoms with Crippen molar-refractivity contribution in [3.63, 3.8) is 0 Å². The fourth-order valence-corrected chi connectivity index (χ4v) is 3.07. The molecule has 1 aromatic carbocycles. The summed E-state index contributed by atoms with van der Waals surface area (Å²) in [6.07, 6.45) is 3.41. The number of carbonyl (C=O) groups excluding carboxylic acids is 1. The molecule has 2 heterocycles. The highest BCUT2D eigenvalue weighted by Crippen LogP contribution is 2.22. The maximum absolute atomic E-state index is 13.7. The van der Waals surface area contributed by atoms with Gasteiger partial charge in [-0.05, 0) is 37.6 Å². The molecule has 1 aromatic heterocycles. The summed E-state index contributed by atoms with van der Waals surface area (Å²) in [5.74, 6) is -0.725. The van der Waals surface area contributed by atoms with Crippen molar-refractivity contribution < 1.29 is 18.3 Å². The number of carbonyl (C=O) groups is 1. The third-order valence-corrected chi connectivity index (χ3v) is 4.21. The van der Waals surface area contributed by atoms with E-state index in [0.717, 1.165) is 32.5 Å². The third kappa shape index (κ3) is 3.71. The molecule has 3 rings (SSSR count). The molecule has 0 radical (unpaired) electrons. The predicted molar refractivity (Wildman–Crippen MR) is 85.0 cm³/mol. The number of rotatable bonds is 5. The predicted octanol–water partition coefficient (Wildman–Crippen LogP) is 2.41. The van der Waals surface area contributed by atoms with Crippen LogP contribution in [0.4, 0.5) is 4.39 Å². The zero-order valence-electron chi connectivity index (χ0n) is 13.2. The molecule has 0 bridgehead atoms. The summed E-state index contributed by atoms with van der Waals surface area (Å²) in [7, 11) is 1.68. The number of hydrogen-bond donors (Lipinski definition) is 1. The van der Waals surface area contributed by atoms with Crippen LogP contribution in [0.25, 0.3) is 11.0 Å². The third-order valence-electron chi connectivity index (χ3n) is 4.21. The van der Waals surface area contributed by atoms with Gasteiger partial charge >= 0.3 is 0 Å². The van der Waals surface area contributed by atoms with Crippen LogP contribution < -0.4 is 5.32 Å². The topological polar surface area (TPSA) is 54.7 Å². The molecule has 1 atom stereocenters. The van der Waals surface area contributed by atoms with Crippen LogP contribution in [0.15, 0.2) is 28.9 Å². The number of nitrogens with zero attached hydrogens (tertiary/aromatic N) is 1. The van der Waals surface area contributed by atoms with E-state index in [2.05, 4.69) is 10.2 Å². The van der Waals surface area contributed by atoms with Gasteiger partial charge in [-0.2, -0.15) is 0 Å². The highest BCUT2D eigenvalue weighted by Gasteiger charge is 2.23. The Morgan fingerprint density at radius 1 is 1.52 bits per heavy atom. The van der Waals surface area contributed by atoms with Crippen molar-refractivity contribution >= 4 is 16.9 Å². The number of amides is 1. The standard InChI is InChI=1S/C17H21FN2O3/c1-22-8-6-20-5-2-3-14(11-20)19-17(21)15-10-13(18)9-12-4-7-23-16(12)15/h4,7,9-10,14H,2-3,5-6,8,11H2,1H3,(H,19,21). The summed E-state index contributed by atoms with van der Waals surface area (Å²) >= 11 is 0. The molecule has 1 aliphatic heterocycles. The number of piperidine rings is 1. The minimum atomic E-state index is -0.436. The van der Waals surface area contributed by atoms with Gasteiger partial charge in [0.2, 0.25) is 0 Å². The highest BCUT2D eigenvalue weighted by molar-refractivity contribution is 6.05. The number of nitrogens with one attached hydrogen (secondary N) is 1. The van der Waals surface area contributed by atoms with Gasteiger partial charge in [-0.3, -0.25) is 9.69 Å². The van der Waals surface area contributed by atoms with Gasteiger partial charge in [0, 0.05) is 31.6 Å². The molecule has 23 heavy (non-hydrogen) atoms. The van der Waals surface area contributed by atoms with E-state index in [-0.39, 0.29) is 17.5 Å². The maximum Gasteiger partial charge on any atom is 0.255 e. The monoisotopic (exact) mass is 320 g/mol. The van der Waals surface area contributed by atoms with Crippen molar-refractivity contribution in [3.05, 3.63) is 35.8 Å². The minimum absolute atomic E-state index is 0.0568. The van der Waals surface area contributed by atoms with Gasteiger partial charge in [-0.25, -0.2) is 4.39 Å². The van der Waals surface area contributed by atoms with E-state index >= 15 is 0 Å². The van der Waals surface area contributed by atoms with E-state index in [4.69, 9.17) is 9.15 Å². The van der Waals surface area contributed by atoms with Crippen molar-refractivity contribution in [1.82, 2.24) is 10.2 Å². The second-order valence-electron chi connectivity index (χ2n) is 5.90. The summed E-state index contributed by atoms with van der Waals surface area (Å²) in [5, 5.41) is 3.60. The van der Waals surface area contributed by atoms with Crippen LogP contribution in [-0.2, 0) is 4.74 Å². The zero-order chi connectivity index (χ0) is 16.2. The Bertz CT molecular complexity index is 686. The van der Waals surface area contributed by atoms with Gasteiger partial charge in [0.1, 0.15) is 11.4 Å². The molecule has 5 nitrogen and oxygen atoms in total. The minimum Gasteiger partial charge on any atom is -0.464 e. The Kier molecular flexibility index (Phi) is 4.93. The van der Waals surface area contributed by atoms with Crippen LogP contribution in [0.1, 0.15) is 23.2 Å². The quantitative estimate of drug-likeness (QED) is 0.919. The molecule has 1 N–H and O–H groups in total. The lowest BCUT2D eigenvalue weighted by Gasteiger charge is -2.32. The number of fused-ring (bicyclic) bond motifs is 1. The van der Waals surface area contributed by atoms with Gasteiger partial charge < -0.3 is 14.5 Å². The Labute approximate surface area is 134 Å². The van der Waals surface area contributed by atoms with Crippen molar-refractivity contribution in [1.29, 1.82) is 0 Å². The number of ether oxygens (including phenoxy) is 1. The molecule has 124 valence electrons. The Morgan fingerprint density at radius 2 is 2.39 bits per heavy atom. The number of furan rings is 1. The maximum atomic E-state index is 13.7. The normalized spacial score (nSPS) is 19.1. The summed E-state index contributed by atoms with van der Waals surface area (Å²) < 4.78 is 24.1. The highest BCUT2D eigenvalue weighted by atomic mass is 19.1. The lowest BCUT2D eigenvalue weighted by atomic mass is 10.0. The first-order valence-electron chi connectivity index (χ1n) is 7.86. The molecular weight excluding hydrogens is 299 g/mol. The Morgan fingerprint density at radius 3 is 3.22 bits per heavy atom. The molecule has 6 heteroatoms. The second-order valence-corrected chi connectivity index (χ2v) is 5.90. The van der Waals surface area contributed by atoms with E-state index in [9.17, 15) is 9.18 Å². The van der Waals surface area contributed by atoms with Crippen molar-refractivity contribution in [2.24, 2.45) is 0 Å². The smallest absolute Gasteiger partial charge is 0.255 e. The van der Waals surface area contributed by atoms with E-state index in [1.807, 2.05) is 0 Å². The average molecular weight is 320 g/mol. The largest absolute Gasteiger partial charge is 0.464 e. The van der Waals surface area contributed by atoms with E-state index < -0.39 is 5.82 Å². The molecular formula is C17H21FN2O3. The molecule has 1 amide bonds. The van der Waals surface area contributed by atoms with Gasteiger partial charge in [0.05, 0.1) is 18.4 Å². The lowest BCUT2D eigenvalue weighted by molar-refractivity contribution is 0.0879. The fraction of sp³-hybridized carbons (Fsp3) is 0.471. The summed E-state index contributed by atoms with van der Waals surface area (Å²) in [6, 6.07) is 4.30. The summed E-state index contributed by atoms with van der Waals surface area (Å²) in [6.45, 7) is 3.33. The average Bonchev–Trinajstić information content (AvgIpc) is 3.00. The second kappa shape index (κ2) is 7.10. The van der Waals surface area contributed by atoms with Crippen LogP contribution in [0, 0.1) is 5.82 Å². The number of benzene rings is 1. The van der Waals surface area contributed by atoms with Crippen LogP contribution >= 0.6 is 0 Å². The first-order chi connectivity index (χ1) is 11.2. The Balaban J connectivity index is 1.69. The Hall–Kier alpha value is -1.92. The number of hydrogen-bond acceptors (Lipinski definition) is 4. The van der Waals surface area contributed by atoms with Crippen LogP contribution in [0.3, 0.4) is 0 Å². The fourth-order valence-electron chi connectivity index (χ4n) is 3.07. The summed E-state index contributed by atoms with van der Waals surface area (Å²) in [5.41, 5.74) is 0.676. The van der Waals surface area contributed by atoms with Crippen LogP contribution in [0.5, 0.6) is 0 Å². The number of methoxy groups -OCH3 is 1. The lowest BCUT2D eigenvalue weighted by Crippen LogP contribution is -2.48. The molecule has 1 saturated heterocycles. The van der Waals surface area contributed by atoms with Gasteiger partial charge in [-0.1, -0.05) is 0 Å². The van der Waals surface area contributed by atoms with E-state index in [1.54, 1.807) is 13.2 Å². The molecule has 2 aromatic rings. The first kappa shape index (κ1) is 16.0. The summed E-state index contributed by atoms with van der Waals surface area (Å²) in [4.78, 5) is 14.8. The first-order valence-corrected chi connectivity index (χ1v) is 7.86. The van der Waals surface area contributed by atoms with Crippen LogP contribution in [0.2, 0.25) is 0 Å². The molecule has 0 spiro atoms. The molecule has 0 saturated carbocycles. The zero-order valence-corrected chi connectivity index (χ0v) is 13.2. The SMILES string of the molecule is COCCN1CCCC(NC(=O)c2cc(F)cc3ccoc23)C1. The molecule has 1 unspecified atom stereocenters. The van der Waals surface area contributed by atoms with Crippen molar-refractivity contribution in [3.8, 4) is 0 Å². The van der Waals surface area contributed by atoms with Gasteiger partial charge in [0.25, 0.3) is 5.91 Å². The van der Waals surface area contributed by atoms with Gasteiger partial charge in [0.15, 0.2) is 0 Å². The molecule has 0 aliphatic carbocycles. The van der Waals surface area contributed by atoms with Crippen LogP contribution in [-0.4, -0.2) is 50.2 Å². The number of likely N-dealkylation sites (tertiary alicyclic amines) is 1. The van der Waals surface area contributed by atoms with Gasteiger partial charge in [-0.15, -0.1) is 0 Å². The van der Waals surface area contributed by atoms with Crippen molar-refractivity contribution in [2.45, 2.75) is 18.9 Å². The molecule has 1 fully saturated rings.